The van der Waals surface area contributed by atoms with E-state index in [1.54, 1.807) is 53.7 Å². The Morgan fingerprint density at radius 2 is 1.78 bits per heavy atom. The van der Waals surface area contributed by atoms with E-state index in [1.807, 2.05) is 42.5 Å². The van der Waals surface area contributed by atoms with Crippen LogP contribution in [-0.2, 0) is 11.8 Å². The molecule has 0 aliphatic rings. The molecule has 11 heteroatoms. The number of amides is 1. The van der Waals surface area contributed by atoms with E-state index in [9.17, 15) is 9.59 Å². The van der Waals surface area contributed by atoms with Crippen LogP contribution in [0.25, 0.3) is 23.0 Å². The van der Waals surface area contributed by atoms with Crippen LogP contribution in [0.2, 0.25) is 5.02 Å². The van der Waals surface area contributed by atoms with Gasteiger partial charge in [0.2, 0.25) is 11.7 Å². The Morgan fingerprint density at radius 3 is 2.47 bits per heavy atom. The number of furan rings is 1. The Labute approximate surface area is 215 Å². The summed E-state index contributed by atoms with van der Waals surface area (Å²) in [7, 11) is 1.78. The predicted molar refractivity (Wildman–Crippen MR) is 139 cm³/mol. The number of anilines is 1. The van der Waals surface area contributed by atoms with Crippen molar-refractivity contribution >= 4 is 35.0 Å². The van der Waals surface area contributed by atoms with Gasteiger partial charge in [0, 0.05) is 17.8 Å². The van der Waals surface area contributed by atoms with Crippen molar-refractivity contribution in [3.8, 4) is 23.0 Å². The van der Waals surface area contributed by atoms with Crippen LogP contribution >= 0.6 is 23.4 Å². The highest BCUT2D eigenvalue weighted by molar-refractivity contribution is 7.99. The van der Waals surface area contributed by atoms with Crippen molar-refractivity contribution in [1.29, 1.82) is 0 Å². The van der Waals surface area contributed by atoms with Gasteiger partial charge in [0.25, 0.3) is 5.56 Å². The van der Waals surface area contributed by atoms with E-state index in [0.29, 0.717) is 33.1 Å². The Bertz CT molecular complexity index is 1570. The van der Waals surface area contributed by atoms with E-state index >= 15 is 0 Å². The molecule has 0 aliphatic heterocycles. The lowest BCUT2D eigenvalue weighted by atomic mass is 10.3. The number of carbonyl (C=O) groups excluding carboxylic acids is 1. The number of nitrogens with zero attached hydrogens (tertiary/aromatic N) is 5. The summed E-state index contributed by atoms with van der Waals surface area (Å²) >= 11 is 7.26. The lowest BCUT2D eigenvalue weighted by molar-refractivity contribution is -0.113. The zero-order chi connectivity index (χ0) is 25.2. The predicted octanol–water partition coefficient (Wildman–Crippen LogP) is 4.71. The van der Waals surface area contributed by atoms with Crippen molar-refractivity contribution in [2.45, 2.75) is 12.1 Å². The summed E-state index contributed by atoms with van der Waals surface area (Å²) in [6, 6.07) is 20.0. The van der Waals surface area contributed by atoms with E-state index in [4.69, 9.17) is 16.0 Å². The molecule has 0 aliphatic carbocycles. The van der Waals surface area contributed by atoms with Crippen LogP contribution < -0.4 is 10.9 Å². The summed E-state index contributed by atoms with van der Waals surface area (Å²) in [5.74, 6) is 0.712. The largest absolute Gasteiger partial charge is 0.461 e. The average molecular weight is 521 g/mol. The molecule has 0 saturated heterocycles. The van der Waals surface area contributed by atoms with Gasteiger partial charge >= 0.3 is 0 Å². The van der Waals surface area contributed by atoms with Gasteiger partial charge in [-0.05, 0) is 55.5 Å². The lowest BCUT2D eigenvalue weighted by Crippen LogP contribution is -2.23. The number of thioether (sulfide) groups is 1. The minimum absolute atomic E-state index is 0.0169. The fraction of sp³-hybridized carbons (Fsp3) is 0.120. The van der Waals surface area contributed by atoms with Crippen molar-refractivity contribution in [3.63, 3.8) is 0 Å². The summed E-state index contributed by atoms with van der Waals surface area (Å²) < 4.78 is 10.6. The van der Waals surface area contributed by atoms with Crippen molar-refractivity contribution in [1.82, 2.24) is 24.1 Å². The van der Waals surface area contributed by atoms with E-state index in [2.05, 4.69) is 15.5 Å². The number of nitrogens with one attached hydrogen (secondary N) is 1. The molecule has 0 saturated carbocycles. The van der Waals surface area contributed by atoms with Gasteiger partial charge in [0.15, 0.2) is 10.9 Å². The third-order valence-electron chi connectivity index (χ3n) is 5.61. The molecular formula is C25H21ClN6O3S. The first-order chi connectivity index (χ1) is 17.4. The molecule has 5 aromatic rings. The van der Waals surface area contributed by atoms with E-state index in [-0.39, 0.29) is 22.9 Å². The fourth-order valence-corrected chi connectivity index (χ4v) is 4.65. The molecule has 1 N–H and O–H groups in total. The average Bonchev–Trinajstić information content (AvgIpc) is 3.60. The first kappa shape index (κ1) is 23.7. The van der Waals surface area contributed by atoms with Gasteiger partial charge in [-0.1, -0.05) is 41.6 Å². The molecule has 0 spiro atoms. The maximum Gasteiger partial charge on any atom is 0.295 e. The molecule has 3 aromatic heterocycles. The molecule has 0 bridgehead atoms. The van der Waals surface area contributed by atoms with Gasteiger partial charge < -0.3 is 9.73 Å². The highest BCUT2D eigenvalue weighted by Crippen LogP contribution is 2.29. The first-order valence-electron chi connectivity index (χ1n) is 11.0. The molecule has 1 amide bonds. The van der Waals surface area contributed by atoms with Crippen LogP contribution in [0.4, 0.5) is 5.69 Å². The Hall–Kier alpha value is -4.02. The number of rotatable bonds is 7. The van der Waals surface area contributed by atoms with Gasteiger partial charge in [-0.15, -0.1) is 10.2 Å². The molecule has 0 atom stereocenters. The first-order valence-corrected chi connectivity index (χ1v) is 12.3. The second kappa shape index (κ2) is 9.92. The van der Waals surface area contributed by atoms with Crippen molar-refractivity contribution in [3.05, 3.63) is 94.1 Å². The number of hydrogen-bond acceptors (Lipinski definition) is 6. The molecule has 2 aromatic carbocycles. The highest BCUT2D eigenvalue weighted by atomic mass is 35.5. The molecule has 36 heavy (non-hydrogen) atoms. The smallest absolute Gasteiger partial charge is 0.295 e. The maximum absolute atomic E-state index is 13.1. The highest BCUT2D eigenvalue weighted by Gasteiger charge is 2.21. The van der Waals surface area contributed by atoms with Crippen LogP contribution in [-0.4, -0.2) is 35.8 Å². The zero-order valence-electron chi connectivity index (χ0n) is 19.4. The summed E-state index contributed by atoms with van der Waals surface area (Å²) in [4.78, 5) is 26.0. The Balaban J connectivity index is 1.39. The number of halogens is 1. The standard InChI is InChI=1S/C25H21ClN6O3S/c1-16-22(24(34)32(30(16)2)19-7-4-3-5-8-19)27-21(33)15-36-25-29-28-23(20-9-6-14-35-20)31(25)18-12-10-17(26)11-13-18/h3-14H,15H2,1-2H3,(H,27,33). The number of hydrogen-bond donors (Lipinski definition) is 1. The summed E-state index contributed by atoms with van der Waals surface area (Å²) in [5, 5.41) is 12.4. The van der Waals surface area contributed by atoms with Crippen molar-refractivity contribution in [2.24, 2.45) is 7.05 Å². The molecule has 0 radical (unpaired) electrons. The number of para-hydroxylation sites is 1. The van der Waals surface area contributed by atoms with Crippen LogP contribution in [0, 0.1) is 6.92 Å². The molecular weight excluding hydrogens is 500 g/mol. The van der Waals surface area contributed by atoms with E-state index in [1.165, 1.54) is 16.4 Å². The fourth-order valence-electron chi connectivity index (χ4n) is 3.77. The van der Waals surface area contributed by atoms with Crippen LogP contribution in [0.1, 0.15) is 5.69 Å². The zero-order valence-corrected chi connectivity index (χ0v) is 21.0. The molecule has 3 heterocycles. The molecule has 0 unspecified atom stereocenters. The van der Waals surface area contributed by atoms with Crippen LogP contribution in [0.3, 0.4) is 0 Å². The molecule has 5 rings (SSSR count). The summed E-state index contributed by atoms with van der Waals surface area (Å²) in [5.41, 5.74) is 2.06. The monoisotopic (exact) mass is 520 g/mol. The van der Waals surface area contributed by atoms with Gasteiger partial charge in [-0.25, -0.2) is 4.68 Å². The Morgan fingerprint density at radius 1 is 1.03 bits per heavy atom. The Kier molecular flexibility index (Phi) is 6.53. The third-order valence-corrected chi connectivity index (χ3v) is 6.79. The van der Waals surface area contributed by atoms with Crippen LogP contribution in [0.15, 0.2) is 87.4 Å². The number of benzene rings is 2. The topological polar surface area (TPSA) is 99.9 Å². The SMILES string of the molecule is Cc1c(NC(=O)CSc2nnc(-c3ccco3)n2-c2ccc(Cl)cc2)c(=O)n(-c2ccccc2)n1C. The normalized spacial score (nSPS) is 11.1. The lowest BCUT2D eigenvalue weighted by Gasteiger charge is -2.09. The second-order valence-corrected chi connectivity index (χ2v) is 9.25. The minimum Gasteiger partial charge on any atom is -0.461 e. The second-order valence-electron chi connectivity index (χ2n) is 7.87. The van der Waals surface area contributed by atoms with Crippen molar-refractivity contribution < 1.29 is 9.21 Å². The van der Waals surface area contributed by atoms with Crippen LogP contribution in [0.5, 0.6) is 0 Å². The van der Waals surface area contributed by atoms with Gasteiger partial charge in [0.1, 0.15) is 5.69 Å². The van der Waals surface area contributed by atoms with E-state index in [0.717, 1.165) is 5.69 Å². The molecule has 9 nitrogen and oxygen atoms in total. The third kappa shape index (κ3) is 4.48. The quantitative estimate of drug-likeness (QED) is 0.312. The summed E-state index contributed by atoms with van der Waals surface area (Å²) in [6.45, 7) is 1.79. The minimum atomic E-state index is -0.337. The maximum atomic E-state index is 13.1. The van der Waals surface area contributed by atoms with Crippen molar-refractivity contribution in [2.75, 3.05) is 11.1 Å². The molecule has 0 fully saturated rings. The number of aromatic nitrogens is 5. The summed E-state index contributed by atoms with van der Waals surface area (Å²) in [6.07, 6.45) is 1.56. The number of carbonyl (C=O) groups is 1. The van der Waals surface area contributed by atoms with E-state index < -0.39 is 0 Å². The molecule has 182 valence electrons. The van der Waals surface area contributed by atoms with Gasteiger partial charge in [-0.2, -0.15) is 0 Å². The van der Waals surface area contributed by atoms with Gasteiger partial charge in [0.05, 0.1) is 23.4 Å². The van der Waals surface area contributed by atoms with Gasteiger partial charge in [-0.3, -0.25) is 18.8 Å².